The number of nitrogens with zero attached hydrogens (tertiary/aromatic N) is 4. The number of aliphatic hydroxyl groups excluding tert-OH is 1. The van der Waals surface area contributed by atoms with E-state index in [2.05, 4.69) is 10.0 Å². The van der Waals surface area contributed by atoms with Crippen molar-refractivity contribution in [1.29, 1.82) is 0 Å². The molecule has 0 bridgehead atoms. The summed E-state index contributed by atoms with van der Waals surface area (Å²) in [4.78, 5) is 29.0. The van der Waals surface area contributed by atoms with E-state index >= 15 is 0 Å². The molecule has 7 nitrogen and oxygen atoms in total. The number of aliphatic hydroxyl groups is 1. The van der Waals surface area contributed by atoms with E-state index in [9.17, 15) is 14.7 Å². The molecule has 108 valence electrons. The largest absolute Gasteiger partial charge is 0.393 e. The Morgan fingerprint density at radius 2 is 1.90 bits per heavy atom. The Morgan fingerprint density at radius 1 is 1.19 bits per heavy atom. The highest BCUT2D eigenvalue weighted by Gasteiger charge is 2.42. The predicted octanol–water partition coefficient (Wildman–Crippen LogP) is 2.53. The number of carbonyl (C=O) groups is 2. The van der Waals surface area contributed by atoms with Crippen LogP contribution in [0.2, 0.25) is 0 Å². The summed E-state index contributed by atoms with van der Waals surface area (Å²) in [6.07, 6.45) is 2.02. The van der Waals surface area contributed by atoms with Crippen molar-refractivity contribution in [2.24, 2.45) is 5.11 Å². The second-order valence-corrected chi connectivity index (χ2v) is 5.33. The molecule has 0 radical (unpaired) electrons. The van der Waals surface area contributed by atoms with Crippen molar-refractivity contribution in [2.45, 2.75) is 37.8 Å². The molecule has 1 saturated carbocycles. The van der Waals surface area contributed by atoms with Gasteiger partial charge in [-0.15, -0.1) is 0 Å². The number of imide groups is 1. The van der Waals surface area contributed by atoms with Crippen LogP contribution in [-0.4, -0.2) is 34.0 Å². The highest BCUT2D eigenvalue weighted by molar-refractivity contribution is 6.23. The Labute approximate surface area is 120 Å². The summed E-state index contributed by atoms with van der Waals surface area (Å²) in [5.41, 5.74) is 9.23. The van der Waals surface area contributed by atoms with Crippen molar-refractivity contribution in [2.75, 3.05) is 0 Å². The number of carbonyl (C=O) groups excluding carboxylic acids is 2. The van der Waals surface area contributed by atoms with Gasteiger partial charge in [-0.05, 0) is 37.3 Å². The zero-order valence-electron chi connectivity index (χ0n) is 11.3. The number of hydrogen-bond donors (Lipinski definition) is 1. The lowest BCUT2D eigenvalue weighted by Gasteiger charge is -2.31. The van der Waals surface area contributed by atoms with E-state index in [0.717, 1.165) is 0 Å². The molecule has 1 N–H and O–H groups in total. The topological polar surface area (TPSA) is 106 Å². The lowest BCUT2D eigenvalue weighted by molar-refractivity contribution is 0.0450. The van der Waals surface area contributed by atoms with Gasteiger partial charge in [-0.3, -0.25) is 14.5 Å². The molecule has 2 aliphatic rings. The summed E-state index contributed by atoms with van der Waals surface area (Å²) in [5, 5.41) is 13.0. The summed E-state index contributed by atoms with van der Waals surface area (Å²) < 4.78 is 0. The summed E-state index contributed by atoms with van der Waals surface area (Å²) in [5.74, 6) is -0.745. The van der Waals surface area contributed by atoms with Crippen LogP contribution in [0, 0.1) is 0 Å². The van der Waals surface area contributed by atoms with Gasteiger partial charge in [0.25, 0.3) is 11.8 Å². The van der Waals surface area contributed by atoms with Gasteiger partial charge in [0.05, 0.1) is 22.9 Å². The van der Waals surface area contributed by atoms with E-state index in [1.165, 1.54) is 11.0 Å². The molecule has 1 aliphatic carbocycles. The van der Waals surface area contributed by atoms with Gasteiger partial charge >= 0.3 is 0 Å². The van der Waals surface area contributed by atoms with Crippen molar-refractivity contribution in [3.05, 3.63) is 39.8 Å². The Hall–Kier alpha value is -2.37. The second kappa shape index (κ2) is 5.20. The van der Waals surface area contributed by atoms with Crippen molar-refractivity contribution in [3.63, 3.8) is 0 Å². The van der Waals surface area contributed by atoms with Crippen LogP contribution in [0.1, 0.15) is 46.4 Å². The van der Waals surface area contributed by atoms with E-state index in [-0.39, 0.29) is 34.9 Å². The van der Waals surface area contributed by atoms with E-state index in [1.807, 2.05) is 0 Å². The minimum atomic E-state index is -0.403. The Kier molecular flexibility index (Phi) is 3.37. The first-order valence-corrected chi connectivity index (χ1v) is 6.87. The SMILES string of the molecule is [N-]=[N+]=Nc1cccc2c1C(=O)N(C1CCC(O)CC1)C2=O. The summed E-state index contributed by atoms with van der Waals surface area (Å²) in [6, 6.07) is 4.50. The van der Waals surface area contributed by atoms with Gasteiger partial charge in [-0.2, -0.15) is 0 Å². The lowest BCUT2D eigenvalue weighted by atomic mass is 9.92. The quantitative estimate of drug-likeness (QED) is 0.390. The zero-order valence-corrected chi connectivity index (χ0v) is 11.3. The van der Waals surface area contributed by atoms with Crippen molar-refractivity contribution in [1.82, 2.24) is 4.90 Å². The van der Waals surface area contributed by atoms with Crippen LogP contribution in [-0.2, 0) is 0 Å². The molecule has 1 aromatic rings. The Bertz CT molecular complexity index is 658. The van der Waals surface area contributed by atoms with Gasteiger partial charge in [0.15, 0.2) is 0 Å². The normalized spacial score (nSPS) is 24.7. The molecule has 1 aliphatic heterocycles. The molecule has 0 aromatic heterocycles. The maximum absolute atomic E-state index is 12.5. The van der Waals surface area contributed by atoms with Crippen molar-refractivity contribution >= 4 is 17.5 Å². The van der Waals surface area contributed by atoms with Crippen LogP contribution >= 0.6 is 0 Å². The van der Waals surface area contributed by atoms with E-state index in [1.54, 1.807) is 12.1 Å². The standard InChI is InChI=1S/C14H14N4O3/c15-17-16-11-3-1-2-10-12(11)14(21)18(13(10)20)8-4-6-9(19)7-5-8/h1-3,8-9,19H,4-7H2. The van der Waals surface area contributed by atoms with Gasteiger partial charge in [-0.1, -0.05) is 17.2 Å². The first kappa shape index (κ1) is 13.6. The predicted molar refractivity (Wildman–Crippen MR) is 74.0 cm³/mol. The summed E-state index contributed by atoms with van der Waals surface area (Å²) in [7, 11) is 0. The molecular weight excluding hydrogens is 272 g/mol. The average Bonchev–Trinajstić information content (AvgIpc) is 2.74. The maximum atomic E-state index is 12.5. The molecule has 7 heteroatoms. The molecule has 0 atom stereocenters. The molecule has 0 saturated heterocycles. The third kappa shape index (κ3) is 2.16. The molecule has 1 fully saturated rings. The van der Waals surface area contributed by atoms with Crippen molar-refractivity contribution in [3.8, 4) is 0 Å². The molecule has 21 heavy (non-hydrogen) atoms. The van der Waals surface area contributed by atoms with Crippen LogP contribution in [0.5, 0.6) is 0 Å². The van der Waals surface area contributed by atoms with Crippen LogP contribution in [0.4, 0.5) is 5.69 Å². The number of fused-ring (bicyclic) bond motifs is 1. The molecule has 1 aromatic carbocycles. The fourth-order valence-corrected chi connectivity index (χ4v) is 3.07. The zero-order chi connectivity index (χ0) is 15.0. The van der Waals surface area contributed by atoms with Crippen LogP contribution in [0.15, 0.2) is 23.3 Å². The minimum absolute atomic E-state index is 0.187. The Morgan fingerprint density at radius 3 is 2.57 bits per heavy atom. The Balaban J connectivity index is 1.97. The van der Waals surface area contributed by atoms with Gasteiger partial charge in [0.1, 0.15) is 0 Å². The molecule has 0 unspecified atom stereocenters. The number of rotatable bonds is 2. The van der Waals surface area contributed by atoms with Crippen LogP contribution < -0.4 is 0 Å². The van der Waals surface area contributed by atoms with E-state index < -0.39 is 5.91 Å². The van der Waals surface area contributed by atoms with Gasteiger partial charge in [-0.25, -0.2) is 0 Å². The van der Waals surface area contributed by atoms with Gasteiger partial charge < -0.3 is 5.11 Å². The fraction of sp³-hybridized carbons (Fsp3) is 0.429. The first-order chi connectivity index (χ1) is 10.1. The number of azide groups is 1. The molecule has 3 rings (SSSR count). The summed E-state index contributed by atoms with van der Waals surface area (Å²) in [6.45, 7) is 0. The first-order valence-electron chi connectivity index (χ1n) is 6.87. The van der Waals surface area contributed by atoms with E-state index in [0.29, 0.717) is 25.7 Å². The molecule has 1 heterocycles. The van der Waals surface area contributed by atoms with Gasteiger partial charge in [0.2, 0.25) is 0 Å². The third-order valence-corrected chi connectivity index (χ3v) is 4.11. The van der Waals surface area contributed by atoms with E-state index in [4.69, 9.17) is 5.53 Å². The van der Waals surface area contributed by atoms with Crippen LogP contribution in [0.3, 0.4) is 0 Å². The third-order valence-electron chi connectivity index (χ3n) is 4.11. The number of hydrogen-bond acceptors (Lipinski definition) is 4. The second-order valence-electron chi connectivity index (χ2n) is 5.33. The van der Waals surface area contributed by atoms with Crippen molar-refractivity contribution < 1.29 is 14.7 Å². The fourth-order valence-electron chi connectivity index (χ4n) is 3.07. The number of amides is 2. The lowest BCUT2D eigenvalue weighted by Crippen LogP contribution is -2.42. The maximum Gasteiger partial charge on any atom is 0.262 e. The monoisotopic (exact) mass is 286 g/mol. The van der Waals surface area contributed by atoms with Gasteiger partial charge in [0, 0.05) is 11.0 Å². The molecule has 2 amide bonds. The van der Waals surface area contributed by atoms with Crippen LogP contribution in [0.25, 0.3) is 10.4 Å². The smallest absolute Gasteiger partial charge is 0.262 e. The summed E-state index contributed by atoms with van der Waals surface area (Å²) >= 11 is 0. The highest BCUT2D eigenvalue weighted by Crippen LogP contribution is 2.35. The highest BCUT2D eigenvalue weighted by atomic mass is 16.3. The molecular formula is C14H14N4O3. The average molecular weight is 286 g/mol. The molecule has 0 spiro atoms. The minimum Gasteiger partial charge on any atom is -0.393 e. The number of benzene rings is 1.